The van der Waals surface area contributed by atoms with Crippen molar-refractivity contribution in [2.75, 3.05) is 5.32 Å². The van der Waals surface area contributed by atoms with Gasteiger partial charge in [0.05, 0.1) is 15.8 Å². The molecule has 1 amide bonds. The third-order valence-electron chi connectivity index (χ3n) is 2.66. The van der Waals surface area contributed by atoms with Crippen LogP contribution in [0, 0.1) is 5.41 Å². The van der Waals surface area contributed by atoms with E-state index in [0.29, 0.717) is 4.70 Å². The number of hydrogen-bond donors (Lipinski definition) is 1. The molecule has 2 aromatic rings. The molecule has 0 spiro atoms. The number of anilines is 1. The van der Waals surface area contributed by atoms with Crippen LogP contribution in [0.15, 0.2) is 18.2 Å². The number of nitrogens with one attached hydrogen (secondary N) is 1. The molecular weight excluding hydrogens is 301 g/mol. The van der Waals surface area contributed by atoms with Crippen LogP contribution in [-0.2, 0) is 11.0 Å². The lowest BCUT2D eigenvalue weighted by molar-refractivity contribution is -0.136. The van der Waals surface area contributed by atoms with Gasteiger partial charge in [0, 0.05) is 6.42 Å². The highest BCUT2D eigenvalue weighted by molar-refractivity contribution is 7.22. The van der Waals surface area contributed by atoms with Crippen molar-refractivity contribution in [3.8, 4) is 0 Å². The summed E-state index contributed by atoms with van der Waals surface area (Å²) < 4.78 is 39.1. The molecule has 21 heavy (non-hydrogen) atoms. The molecule has 0 aliphatic rings. The van der Waals surface area contributed by atoms with Gasteiger partial charge in [0.25, 0.3) is 0 Å². The van der Waals surface area contributed by atoms with Crippen LogP contribution in [-0.4, -0.2) is 10.9 Å². The third kappa shape index (κ3) is 3.93. The van der Waals surface area contributed by atoms with E-state index in [0.717, 1.165) is 17.4 Å². The van der Waals surface area contributed by atoms with E-state index in [4.69, 9.17) is 0 Å². The molecule has 2 rings (SSSR count). The van der Waals surface area contributed by atoms with Gasteiger partial charge in [0.2, 0.25) is 5.91 Å². The number of carbonyl (C=O) groups is 1. The first-order chi connectivity index (χ1) is 9.56. The van der Waals surface area contributed by atoms with Gasteiger partial charge in [-0.1, -0.05) is 38.2 Å². The number of nitrogens with zero attached hydrogens (tertiary/aromatic N) is 1. The standard InChI is InChI=1S/C14H15F3N2OS/c1-13(2,3)7-10(20)18-12-19-11-8(14(15,16)17)5-4-6-9(11)21-12/h4-6H,7H2,1-3H3,(H,18,19,20). The molecule has 1 N–H and O–H groups in total. The average molecular weight is 316 g/mol. The molecular formula is C14H15F3N2OS. The normalized spacial score (nSPS) is 12.7. The molecule has 0 saturated heterocycles. The molecule has 7 heteroatoms. The number of hydrogen-bond acceptors (Lipinski definition) is 3. The van der Waals surface area contributed by atoms with Crippen molar-refractivity contribution < 1.29 is 18.0 Å². The molecule has 0 atom stereocenters. The van der Waals surface area contributed by atoms with Crippen LogP contribution in [0.5, 0.6) is 0 Å². The average Bonchev–Trinajstić information content (AvgIpc) is 2.65. The van der Waals surface area contributed by atoms with E-state index in [-0.39, 0.29) is 28.4 Å². The number of carbonyl (C=O) groups excluding carboxylic acids is 1. The Morgan fingerprint density at radius 2 is 1.95 bits per heavy atom. The number of fused-ring (bicyclic) bond motifs is 1. The lowest BCUT2D eigenvalue weighted by atomic mass is 9.92. The SMILES string of the molecule is CC(C)(C)CC(=O)Nc1nc2c(C(F)(F)F)cccc2s1. The van der Waals surface area contributed by atoms with Gasteiger partial charge in [-0.3, -0.25) is 4.79 Å². The fraction of sp³-hybridized carbons (Fsp3) is 0.429. The zero-order chi connectivity index (χ0) is 15.8. The summed E-state index contributed by atoms with van der Waals surface area (Å²) in [5.74, 6) is -0.255. The molecule has 3 nitrogen and oxygen atoms in total. The quantitative estimate of drug-likeness (QED) is 0.873. The molecule has 0 aliphatic heterocycles. The number of benzene rings is 1. The highest BCUT2D eigenvalue weighted by Gasteiger charge is 2.33. The predicted molar refractivity (Wildman–Crippen MR) is 77.3 cm³/mol. The van der Waals surface area contributed by atoms with Crippen molar-refractivity contribution in [3.05, 3.63) is 23.8 Å². The summed E-state index contributed by atoms with van der Waals surface area (Å²) in [6.07, 6.45) is -4.19. The minimum Gasteiger partial charge on any atom is -0.302 e. The zero-order valence-corrected chi connectivity index (χ0v) is 12.7. The van der Waals surface area contributed by atoms with Gasteiger partial charge in [-0.05, 0) is 17.5 Å². The summed E-state index contributed by atoms with van der Waals surface area (Å²) >= 11 is 1.04. The summed E-state index contributed by atoms with van der Waals surface area (Å²) in [5.41, 5.74) is -1.11. The monoisotopic (exact) mass is 316 g/mol. The molecule has 0 radical (unpaired) electrons. The number of aromatic nitrogens is 1. The third-order valence-corrected chi connectivity index (χ3v) is 3.60. The fourth-order valence-corrected chi connectivity index (χ4v) is 2.78. The summed E-state index contributed by atoms with van der Waals surface area (Å²) in [5, 5.41) is 2.76. The Hall–Kier alpha value is -1.63. The minimum absolute atomic E-state index is 0.124. The van der Waals surface area contributed by atoms with Crippen LogP contribution >= 0.6 is 11.3 Å². The van der Waals surface area contributed by atoms with Gasteiger partial charge in [0.15, 0.2) is 5.13 Å². The van der Waals surface area contributed by atoms with Crippen LogP contribution in [0.1, 0.15) is 32.8 Å². The van der Waals surface area contributed by atoms with Crippen molar-refractivity contribution in [2.45, 2.75) is 33.4 Å². The molecule has 0 saturated carbocycles. The van der Waals surface area contributed by atoms with E-state index in [1.807, 2.05) is 20.8 Å². The molecule has 0 bridgehead atoms. The molecule has 0 unspecified atom stereocenters. The Morgan fingerprint density at radius 1 is 1.29 bits per heavy atom. The Morgan fingerprint density at radius 3 is 2.52 bits per heavy atom. The highest BCUT2D eigenvalue weighted by atomic mass is 32.1. The molecule has 1 heterocycles. The van der Waals surface area contributed by atoms with Crippen molar-refractivity contribution in [1.29, 1.82) is 0 Å². The smallest absolute Gasteiger partial charge is 0.302 e. The number of halogens is 3. The maximum absolute atomic E-state index is 12.9. The van der Waals surface area contributed by atoms with E-state index in [1.54, 1.807) is 6.07 Å². The van der Waals surface area contributed by atoms with Crippen LogP contribution in [0.2, 0.25) is 0 Å². The highest BCUT2D eigenvalue weighted by Crippen LogP contribution is 2.37. The largest absolute Gasteiger partial charge is 0.418 e. The lowest BCUT2D eigenvalue weighted by Crippen LogP contribution is -2.19. The van der Waals surface area contributed by atoms with E-state index < -0.39 is 11.7 Å². The Bertz CT molecular complexity index is 671. The fourth-order valence-electron chi connectivity index (χ4n) is 1.88. The molecule has 1 aromatic carbocycles. The second kappa shape index (κ2) is 5.29. The molecule has 0 aliphatic carbocycles. The van der Waals surface area contributed by atoms with Gasteiger partial charge in [0.1, 0.15) is 0 Å². The van der Waals surface area contributed by atoms with Crippen molar-refractivity contribution >= 4 is 32.6 Å². The number of amides is 1. The minimum atomic E-state index is -4.46. The van der Waals surface area contributed by atoms with E-state index in [1.165, 1.54) is 6.07 Å². The van der Waals surface area contributed by atoms with Crippen molar-refractivity contribution in [2.24, 2.45) is 5.41 Å². The zero-order valence-electron chi connectivity index (χ0n) is 11.8. The summed E-state index contributed by atoms with van der Waals surface area (Å²) in [6.45, 7) is 5.73. The second-order valence-corrected chi connectivity index (χ2v) is 6.99. The topological polar surface area (TPSA) is 42.0 Å². The van der Waals surface area contributed by atoms with Gasteiger partial charge in [-0.15, -0.1) is 0 Å². The molecule has 0 fully saturated rings. The van der Waals surface area contributed by atoms with Crippen LogP contribution in [0.25, 0.3) is 10.2 Å². The maximum atomic E-state index is 12.9. The van der Waals surface area contributed by atoms with Gasteiger partial charge in [-0.2, -0.15) is 13.2 Å². The van der Waals surface area contributed by atoms with Gasteiger partial charge < -0.3 is 5.32 Å². The van der Waals surface area contributed by atoms with Crippen molar-refractivity contribution in [1.82, 2.24) is 4.98 Å². The summed E-state index contributed by atoms with van der Waals surface area (Å²) in [7, 11) is 0. The van der Waals surface area contributed by atoms with Gasteiger partial charge in [-0.25, -0.2) is 4.98 Å². The van der Waals surface area contributed by atoms with Crippen LogP contribution < -0.4 is 5.32 Å². The Kier molecular flexibility index (Phi) is 3.97. The molecule has 1 aromatic heterocycles. The summed E-state index contributed by atoms with van der Waals surface area (Å²) in [6, 6.07) is 3.88. The molecule has 114 valence electrons. The first-order valence-corrected chi connectivity index (χ1v) is 7.14. The first kappa shape index (κ1) is 15.8. The van der Waals surface area contributed by atoms with Crippen LogP contribution in [0.4, 0.5) is 18.3 Å². The van der Waals surface area contributed by atoms with E-state index >= 15 is 0 Å². The van der Waals surface area contributed by atoms with E-state index in [9.17, 15) is 18.0 Å². The van der Waals surface area contributed by atoms with E-state index in [2.05, 4.69) is 10.3 Å². The lowest BCUT2D eigenvalue weighted by Gasteiger charge is -2.16. The second-order valence-electron chi connectivity index (χ2n) is 5.95. The number of alkyl halides is 3. The van der Waals surface area contributed by atoms with Crippen LogP contribution in [0.3, 0.4) is 0 Å². The number of thiazole rings is 1. The maximum Gasteiger partial charge on any atom is 0.418 e. The predicted octanol–water partition coefficient (Wildman–Crippen LogP) is 4.69. The Labute approximate surface area is 124 Å². The summed E-state index contributed by atoms with van der Waals surface area (Å²) in [4.78, 5) is 15.7. The first-order valence-electron chi connectivity index (χ1n) is 6.33. The Balaban J connectivity index is 2.30. The number of rotatable bonds is 2. The number of para-hydroxylation sites is 1. The van der Waals surface area contributed by atoms with Crippen molar-refractivity contribution in [3.63, 3.8) is 0 Å². The van der Waals surface area contributed by atoms with Gasteiger partial charge >= 0.3 is 6.18 Å².